The van der Waals surface area contributed by atoms with Gasteiger partial charge in [-0.1, -0.05) is 20.3 Å². The Morgan fingerprint density at radius 1 is 0.788 bits per heavy atom. The van der Waals surface area contributed by atoms with E-state index in [9.17, 15) is 33.9 Å². The van der Waals surface area contributed by atoms with E-state index in [0.717, 1.165) is 0 Å². The molecule has 33 heavy (non-hydrogen) atoms. The van der Waals surface area contributed by atoms with Crippen molar-refractivity contribution in [3.05, 3.63) is 0 Å². The Morgan fingerprint density at radius 3 is 1.76 bits per heavy atom. The van der Waals surface area contributed by atoms with Gasteiger partial charge in [0.05, 0.1) is 12.6 Å². The lowest BCUT2D eigenvalue weighted by atomic mass is 9.97. The number of nitrogens with two attached hydrogens (primary N) is 1. The normalized spacial score (nSPS) is 15.3. The second kappa shape index (κ2) is 14.7. The largest absolute Gasteiger partial charge is 0.481 e. The van der Waals surface area contributed by atoms with Crippen LogP contribution in [0.5, 0.6) is 0 Å². The maximum Gasteiger partial charge on any atom is 0.326 e. The second-order valence-corrected chi connectivity index (χ2v) is 7.49. The molecule has 0 fully saturated rings. The highest BCUT2D eigenvalue weighted by atomic mass is 16.4. The molecule has 0 aliphatic rings. The first-order valence-corrected chi connectivity index (χ1v) is 10.3. The first-order chi connectivity index (χ1) is 15.3. The lowest BCUT2D eigenvalue weighted by Crippen LogP contribution is -2.59. The number of aliphatic hydroxyl groups excluding tert-OH is 1. The Morgan fingerprint density at radius 2 is 1.30 bits per heavy atom. The fourth-order valence-electron chi connectivity index (χ4n) is 2.63. The SMILES string of the molecule is CCC(C)C(NC(=O)C(N)CCC(=O)O)C(=O)NC(CO)C(=O)NC(CCC(=O)O)C(=O)O. The minimum atomic E-state index is -1.58. The topological polar surface area (TPSA) is 245 Å². The summed E-state index contributed by atoms with van der Waals surface area (Å²) in [5, 5.41) is 42.7. The van der Waals surface area contributed by atoms with Crippen molar-refractivity contribution < 1.29 is 49.2 Å². The van der Waals surface area contributed by atoms with Gasteiger partial charge in [0.2, 0.25) is 17.7 Å². The number of hydrogen-bond donors (Lipinski definition) is 8. The molecule has 5 unspecified atom stereocenters. The summed E-state index contributed by atoms with van der Waals surface area (Å²) >= 11 is 0. The fourth-order valence-corrected chi connectivity index (χ4v) is 2.63. The molecule has 0 aromatic heterocycles. The second-order valence-electron chi connectivity index (χ2n) is 7.49. The zero-order chi connectivity index (χ0) is 25.7. The maximum absolute atomic E-state index is 12.7. The molecule has 0 aromatic rings. The molecular formula is C19H32N4O10. The zero-order valence-electron chi connectivity index (χ0n) is 18.4. The van der Waals surface area contributed by atoms with Crippen LogP contribution in [0.3, 0.4) is 0 Å². The summed E-state index contributed by atoms with van der Waals surface area (Å²) in [6, 6.07) is -5.50. The molecule has 0 saturated heterocycles. The number of hydrogen-bond acceptors (Lipinski definition) is 8. The van der Waals surface area contributed by atoms with E-state index in [4.69, 9.17) is 21.1 Å². The summed E-state index contributed by atoms with van der Waals surface area (Å²) in [5.74, 6) is -7.03. The van der Waals surface area contributed by atoms with E-state index in [2.05, 4.69) is 16.0 Å². The van der Waals surface area contributed by atoms with Gasteiger partial charge >= 0.3 is 17.9 Å². The van der Waals surface area contributed by atoms with Gasteiger partial charge in [-0.3, -0.25) is 24.0 Å². The predicted molar refractivity (Wildman–Crippen MR) is 112 cm³/mol. The summed E-state index contributed by atoms with van der Waals surface area (Å²) in [6.07, 6.45) is -1.03. The van der Waals surface area contributed by atoms with Crippen LogP contribution in [0, 0.1) is 5.92 Å². The zero-order valence-corrected chi connectivity index (χ0v) is 18.4. The molecule has 14 heteroatoms. The molecule has 188 valence electrons. The predicted octanol–water partition coefficient (Wildman–Crippen LogP) is -2.38. The molecule has 0 aliphatic carbocycles. The molecule has 0 aromatic carbocycles. The Labute approximate surface area is 189 Å². The van der Waals surface area contributed by atoms with E-state index in [1.165, 1.54) is 0 Å². The Bertz CT molecular complexity index is 729. The first kappa shape index (κ1) is 29.7. The standard InChI is InChI=1S/C19H32N4O10/c1-3-9(2)15(23-16(29)10(20)4-6-13(25)26)18(31)22-12(8-24)17(30)21-11(19(32)33)5-7-14(27)28/h9-12,15,24H,3-8,20H2,1-2H3,(H,21,30)(H,22,31)(H,23,29)(H,25,26)(H,27,28)(H,32,33). The van der Waals surface area contributed by atoms with Crippen molar-refractivity contribution in [2.45, 2.75) is 70.1 Å². The van der Waals surface area contributed by atoms with Crippen molar-refractivity contribution >= 4 is 35.6 Å². The van der Waals surface area contributed by atoms with Gasteiger partial charge in [0, 0.05) is 12.8 Å². The van der Waals surface area contributed by atoms with E-state index in [0.29, 0.717) is 6.42 Å². The van der Waals surface area contributed by atoms with Crippen LogP contribution in [-0.2, 0) is 28.8 Å². The number of carboxylic acid groups (broad SMARTS) is 3. The number of carboxylic acids is 3. The van der Waals surface area contributed by atoms with Gasteiger partial charge in [-0.15, -0.1) is 0 Å². The minimum Gasteiger partial charge on any atom is -0.481 e. The lowest BCUT2D eigenvalue weighted by Gasteiger charge is -2.27. The number of amides is 3. The van der Waals surface area contributed by atoms with Gasteiger partial charge in [-0.2, -0.15) is 0 Å². The van der Waals surface area contributed by atoms with Crippen LogP contribution in [0.15, 0.2) is 0 Å². The number of aliphatic hydroxyl groups is 1. The molecule has 0 saturated carbocycles. The van der Waals surface area contributed by atoms with Crippen molar-refractivity contribution in [1.29, 1.82) is 0 Å². The van der Waals surface area contributed by atoms with Gasteiger partial charge in [0.1, 0.15) is 18.1 Å². The molecule has 0 radical (unpaired) electrons. The van der Waals surface area contributed by atoms with Crippen LogP contribution in [-0.4, -0.2) is 86.8 Å². The van der Waals surface area contributed by atoms with Gasteiger partial charge < -0.3 is 42.1 Å². The maximum atomic E-state index is 12.7. The first-order valence-electron chi connectivity index (χ1n) is 10.3. The number of rotatable bonds is 16. The van der Waals surface area contributed by atoms with E-state index < -0.39 is 85.2 Å². The molecule has 3 amide bonds. The molecule has 0 aliphatic heterocycles. The van der Waals surface area contributed by atoms with Crippen molar-refractivity contribution in [2.24, 2.45) is 11.7 Å². The summed E-state index contributed by atoms with van der Waals surface area (Å²) in [6.45, 7) is 2.47. The number of carbonyl (C=O) groups is 6. The highest BCUT2D eigenvalue weighted by molar-refractivity contribution is 5.94. The van der Waals surface area contributed by atoms with Crippen LogP contribution in [0.4, 0.5) is 0 Å². The summed E-state index contributed by atoms with van der Waals surface area (Å²) in [7, 11) is 0. The van der Waals surface area contributed by atoms with Crippen molar-refractivity contribution in [1.82, 2.24) is 16.0 Å². The van der Waals surface area contributed by atoms with E-state index in [1.807, 2.05) is 0 Å². The molecule has 0 heterocycles. The molecule has 14 nitrogen and oxygen atoms in total. The van der Waals surface area contributed by atoms with Gasteiger partial charge in [0.25, 0.3) is 0 Å². The third-order valence-corrected chi connectivity index (χ3v) is 4.88. The number of nitrogens with one attached hydrogen (secondary N) is 3. The number of aliphatic carboxylic acids is 3. The molecular weight excluding hydrogens is 444 g/mol. The van der Waals surface area contributed by atoms with Crippen LogP contribution >= 0.6 is 0 Å². The third-order valence-electron chi connectivity index (χ3n) is 4.88. The van der Waals surface area contributed by atoms with Crippen LogP contribution < -0.4 is 21.7 Å². The molecule has 0 bridgehead atoms. The monoisotopic (exact) mass is 476 g/mol. The molecule has 9 N–H and O–H groups in total. The average molecular weight is 476 g/mol. The summed E-state index contributed by atoms with van der Waals surface area (Å²) < 4.78 is 0. The lowest BCUT2D eigenvalue weighted by molar-refractivity contribution is -0.144. The van der Waals surface area contributed by atoms with Crippen LogP contribution in [0.2, 0.25) is 0 Å². The highest BCUT2D eigenvalue weighted by Crippen LogP contribution is 2.10. The minimum absolute atomic E-state index is 0.162. The van der Waals surface area contributed by atoms with E-state index in [1.54, 1.807) is 13.8 Å². The van der Waals surface area contributed by atoms with Gasteiger partial charge in [-0.25, -0.2) is 4.79 Å². The quantitative estimate of drug-likeness (QED) is 0.117. The Hall–Kier alpha value is -3.26. The van der Waals surface area contributed by atoms with Crippen LogP contribution in [0.25, 0.3) is 0 Å². The van der Waals surface area contributed by atoms with E-state index in [-0.39, 0.29) is 12.8 Å². The number of carbonyl (C=O) groups excluding carboxylic acids is 3. The Kier molecular flexibility index (Phi) is 13.3. The van der Waals surface area contributed by atoms with E-state index >= 15 is 0 Å². The fraction of sp³-hybridized carbons (Fsp3) is 0.684. The molecule has 5 atom stereocenters. The van der Waals surface area contributed by atoms with Gasteiger partial charge in [0.15, 0.2) is 0 Å². The van der Waals surface area contributed by atoms with Crippen molar-refractivity contribution in [3.63, 3.8) is 0 Å². The average Bonchev–Trinajstić information content (AvgIpc) is 2.75. The summed E-state index contributed by atoms with van der Waals surface area (Å²) in [5.41, 5.74) is 5.66. The third kappa shape index (κ3) is 11.2. The molecule has 0 spiro atoms. The van der Waals surface area contributed by atoms with Crippen molar-refractivity contribution in [3.8, 4) is 0 Å². The smallest absolute Gasteiger partial charge is 0.326 e. The highest BCUT2D eigenvalue weighted by Gasteiger charge is 2.32. The Balaban J connectivity index is 5.27. The van der Waals surface area contributed by atoms with Crippen molar-refractivity contribution in [2.75, 3.05) is 6.61 Å². The van der Waals surface area contributed by atoms with Gasteiger partial charge in [-0.05, 0) is 18.8 Å². The molecule has 0 rings (SSSR count). The summed E-state index contributed by atoms with van der Waals surface area (Å²) in [4.78, 5) is 69.9. The van der Waals surface area contributed by atoms with Crippen LogP contribution in [0.1, 0.15) is 46.0 Å².